The Kier molecular flexibility index (Phi) is 6.43. The number of hydrogen-bond acceptors (Lipinski definition) is 2. The van der Waals surface area contributed by atoms with Gasteiger partial charge in [-0.3, -0.25) is 4.68 Å². The highest BCUT2D eigenvalue weighted by atomic mass is 35.5. The maximum Gasteiger partial charge on any atom is 0.166 e. The summed E-state index contributed by atoms with van der Waals surface area (Å²) in [7, 11) is 0. The Balaban J connectivity index is 2.13. The summed E-state index contributed by atoms with van der Waals surface area (Å²) in [6, 6.07) is 0. The number of rotatable bonds is 6. The van der Waals surface area contributed by atoms with Crippen molar-refractivity contribution in [2.24, 2.45) is 5.92 Å². The third-order valence-corrected chi connectivity index (χ3v) is 3.07. The molecule has 1 aromatic rings. The van der Waals surface area contributed by atoms with Gasteiger partial charge in [0.1, 0.15) is 0 Å². The van der Waals surface area contributed by atoms with Crippen molar-refractivity contribution in [1.29, 1.82) is 0 Å². The predicted octanol–water partition coefficient (Wildman–Crippen LogP) is 2.36. The Bertz CT molecular complexity index is 370. The van der Waals surface area contributed by atoms with Crippen LogP contribution in [-0.4, -0.2) is 28.0 Å². The highest BCUT2D eigenvalue weighted by molar-refractivity contribution is 7.80. The minimum Gasteiger partial charge on any atom is -0.363 e. The van der Waals surface area contributed by atoms with Gasteiger partial charge in [0, 0.05) is 25.8 Å². The number of halogens is 1. The summed E-state index contributed by atoms with van der Waals surface area (Å²) in [5.41, 5.74) is 0.874. The van der Waals surface area contributed by atoms with Crippen molar-refractivity contribution >= 4 is 28.9 Å². The summed E-state index contributed by atoms with van der Waals surface area (Å²) in [4.78, 5) is 0. The first-order chi connectivity index (χ1) is 8.49. The number of nitrogens with zero attached hydrogens (tertiary/aromatic N) is 2. The normalized spacial score (nSPS) is 10.7. The first kappa shape index (κ1) is 15.2. The fourth-order valence-electron chi connectivity index (χ4n) is 1.41. The van der Waals surface area contributed by atoms with E-state index < -0.39 is 0 Å². The maximum atomic E-state index is 5.93. The second kappa shape index (κ2) is 7.59. The quantitative estimate of drug-likeness (QED) is 0.623. The van der Waals surface area contributed by atoms with Crippen molar-refractivity contribution in [2.75, 3.05) is 13.1 Å². The van der Waals surface area contributed by atoms with Gasteiger partial charge in [-0.1, -0.05) is 25.4 Å². The van der Waals surface area contributed by atoms with Crippen LogP contribution in [-0.2, 0) is 6.54 Å². The lowest BCUT2D eigenvalue weighted by Gasteiger charge is -2.11. The molecule has 0 atom stereocenters. The molecule has 0 radical (unpaired) electrons. The van der Waals surface area contributed by atoms with Crippen LogP contribution in [0.15, 0.2) is 6.20 Å². The molecule has 0 aromatic carbocycles. The van der Waals surface area contributed by atoms with E-state index in [0.29, 0.717) is 5.92 Å². The minimum absolute atomic E-state index is 0.596. The van der Waals surface area contributed by atoms with Crippen LogP contribution < -0.4 is 10.6 Å². The predicted molar refractivity (Wildman–Crippen MR) is 80.0 cm³/mol. The molecule has 0 saturated heterocycles. The molecule has 0 saturated carbocycles. The molecule has 0 aliphatic heterocycles. The summed E-state index contributed by atoms with van der Waals surface area (Å²) in [6.45, 7) is 8.79. The van der Waals surface area contributed by atoms with Gasteiger partial charge >= 0.3 is 0 Å². The van der Waals surface area contributed by atoms with Crippen LogP contribution in [0.3, 0.4) is 0 Å². The van der Waals surface area contributed by atoms with E-state index in [9.17, 15) is 0 Å². The third kappa shape index (κ3) is 5.69. The first-order valence-electron chi connectivity index (χ1n) is 6.20. The van der Waals surface area contributed by atoms with Crippen LogP contribution in [0.25, 0.3) is 0 Å². The van der Waals surface area contributed by atoms with Gasteiger partial charge in [-0.15, -0.1) is 0 Å². The Morgan fingerprint density at radius 2 is 2.22 bits per heavy atom. The first-order valence-corrected chi connectivity index (χ1v) is 6.99. The Labute approximate surface area is 119 Å². The SMILES string of the molecule is Cc1nn(CCCNC(=S)NCC(C)C)cc1Cl. The lowest BCUT2D eigenvalue weighted by atomic mass is 10.2. The molecule has 0 aliphatic rings. The number of thiocarbonyl (C=S) groups is 1. The Hall–Kier alpha value is -0.810. The fraction of sp³-hybridized carbons (Fsp3) is 0.667. The molecule has 1 rings (SSSR count). The highest BCUT2D eigenvalue weighted by Gasteiger charge is 2.01. The van der Waals surface area contributed by atoms with Gasteiger partial charge in [0.25, 0.3) is 0 Å². The van der Waals surface area contributed by atoms with E-state index in [1.165, 1.54) is 0 Å². The molecule has 4 nitrogen and oxygen atoms in total. The van der Waals surface area contributed by atoms with E-state index in [-0.39, 0.29) is 0 Å². The van der Waals surface area contributed by atoms with E-state index in [0.717, 1.165) is 41.9 Å². The van der Waals surface area contributed by atoms with Gasteiger partial charge in [-0.2, -0.15) is 5.10 Å². The molecule has 1 aromatic heterocycles. The fourth-order valence-corrected chi connectivity index (χ4v) is 1.75. The third-order valence-electron chi connectivity index (χ3n) is 2.41. The molecule has 2 N–H and O–H groups in total. The summed E-state index contributed by atoms with van der Waals surface area (Å²) in [5, 5.41) is 12.1. The number of aryl methyl sites for hydroxylation is 2. The summed E-state index contributed by atoms with van der Waals surface area (Å²) >= 11 is 11.1. The van der Waals surface area contributed by atoms with E-state index in [1.54, 1.807) is 0 Å². The van der Waals surface area contributed by atoms with Crippen molar-refractivity contribution < 1.29 is 0 Å². The van der Waals surface area contributed by atoms with E-state index in [1.807, 2.05) is 17.8 Å². The smallest absolute Gasteiger partial charge is 0.166 e. The van der Waals surface area contributed by atoms with E-state index in [2.05, 4.69) is 29.6 Å². The molecule has 102 valence electrons. The molecule has 0 aliphatic carbocycles. The molecule has 0 spiro atoms. The topological polar surface area (TPSA) is 41.9 Å². The van der Waals surface area contributed by atoms with Crippen molar-refractivity contribution in [1.82, 2.24) is 20.4 Å². The van der Waals surface area contributed by atoms with Crippen molar-refractivity contribution in [3.8, 4) is 0 Å². The average Bonchev–Trinajstić information content (AvgIpc) is 2.62. The summed E-state index contributed by atoms with van der Waals surface area (Å²) in [5.74, 6) is 0.596. The van der Waals surface area contributed by atoms with Gasteiger partial charge in [0.2, 0.25) is 0 Å². The zero-order chi connectivity index (χ0) is 13.5. The van der Waals surface area contributed by atoms with Crippen LogP contribution in [0.5, 0.6) is 0 Å². The standard InChI is InChI=1S/C12H21ClN4S/c1-9(2)7-15-12(18)14-5-4-6-17-8-11(13)10(3)16-17/h8-9H,4-7H2,1-3H3,(H2,14,15,18). The van der Waals surface area contributed by atoms with Crippen LogP contribution >= 0.6 is 23.8 Å². The molecule has 6 heteroatoms. The Morgan fingerprint density at radius 3 is 2.78 bits per heavy atom. The lowest BCUT2D eigenvalue weighted by Crippen LogP contribution is -2.37. The Morgan fingerprint density at radius 1 is 1.50 bits per heavy atom. The van der Waals surface area contributed by atoms with Gasteiger partial charge in [0.05, 0.1) is 10.7 Å². The molecular weight excluding hydrogens is 268 g/mol. The van der Waals surface area contributed by atoms with Crippen LogP contribution in [0.2, 0.25) is 5.02 Å². The zero-order valence-corrected chi connectivity index (χ0v) is 12.7. The van der Waals surface area contributed by atoms with Gasteiger partial charge < -0.3 is 10.6 Å². The minimum atomic E-state index is 0.596. The highest BCUT2D eigenvalue weighted by Crippen LogP contribution is 2.11. The van der Waals surface area contributed by atoms with Crippen molar-refractivity contribution in [2.45, 2.75) is 33.7 Å². The second-order valence-electron chi connectivity index (χ2n) is 4.71. The molecule has 0 bridgehead atoms. The average molecular weight is 289 g/mol. The van der Waals surface area contributed by atoms with E-state index in [4.69, 9.17) is 23.8 Å². The van der Waals surface area contributed by atoms with Gasteiger partial charge in [-0.25, -0.2) is 0 Å². The number of hydrogen-bond donors (Lipinski definition) is 2. The molecular formula is C12H21ClN4S. The van der Waals surface area contributed by atoms with Gasteiger partial charge in [-0.05, 0) is 31.5 Å². The van der Waals surface area contributed by atoms with Crippen LogP contribution in [0.1, 0.15) is 26.0 Å². The second-order valence-corrected chi connectivity index (χ2v) is 5.53. The molecule has 18 heavy (non-hydrogen) atoms. The monoisotopic (exact) mass is 288 g/mol. The number of nitrogens with one attached hydrogen (secondary N) is 2. The maximum absolute atomic E-state index is 5.93. The lowest BCUT2D eigenvalue weighted by molar-refractivity contribution is 0.565. The number of aromatic nitrogens is 2. The summed E-state index contributed by atoms with van der Waals surface area (Å²) < 4.78 is 1.87. The largest absolute Gasteiger partial charge is 0.363 e. The van der Waals surface area contributed by atoms with Gasteiger partial charge in [0.15, 0.2) is 5.11 Å². The molecule has 1 heterocycles. The van der Waals surface area contributed by atoms with E-state index >= 15 is 0 Å². The summed E-state index contributed by atoms with van der Waals surface area (Å²) in [6.07, 6.45) is 2.81. The molecule has 0 fully saturated rings. The van der Waals surface area contributed by atoms with Crippen LogP contribution in [0.4, 0.5) is 0 Å². The molecule has 0 unspecified atom stereocenters. The van der Waals surface area contributed by atoms with Crippen molar-refractivity contribution in [3.63, 3.8) is 0 Å². The molecule has 0 amide bonds. The van der Waals surface area contributed by atoms with Crippen molar-refractivity contribution in [3.05, 3.63) is 16.9 Å². The van der Waals surface area contributed by atoms with Crippen LogP contribution in [0, 0.1) is 12.8 Å². The zero-order valence-electron chi connectivity index (χ0n) is 11.2.